The van der Waals surface area contributed by atoms with Crippen LogP contribution in [0.2, 0.25) is 0 Å². The van der Waals surface area contributed by atoms with E-state index in [1.54, 1.807) is 11.8 Å². The minimum absolute atomic E-state index is 0.0224. The Labute approximate surface area is 252 Å². The average molecular weight is 589 g/mol. The lowest BCUT2D eigenvalue weighted by molar-refractivity contribution is -0.281. The SMILES string of the molecule is CN1C[C@H](C(=O)N[C@@]2(C)O[C@]3(O)C(C2=O)[C@@H](CC2CCCCC2)C(=O)N2CCC[C@H]23)CC2c3cccc4[nH]cc(c34)C[C@H]21. The first-order valence-electron chi connectivity index (χ1n) is 16.6. The number of aliphatic hydroxyl groups is 1. The van der Waals surface area contributed by atoms with Crippen molar-refractivity contribution < 1.29 is 24.2 Å². The predicted octanol–water partition coefficient (Wildman–Crippen LogP) is 3.46. The van der Waals surface area contributed by atoms with Gasteiger partial charge in [0.05, 0.1) is 23.8 Å². The third-order valence-electron chi connectivity index (χ3n) is 12.1. The molecule has 1 saturated carbocycles. The molecule has 4 saturated heterocycles. The Hall–Kier alpha value is -2.75. The first kappa shape index (κ1) is 27.8. The molecule has 2 unspecified atom stereocenters. The zero-order chi connectivity index (χ0) is 29.7. The summed E-state index contributed by atoms with van der Waals surface area (Å²) >= 11 is 0. The number of likely N-dealkylation sites (tertiary alicyclic amines) is 1. The van der Waals surface area contributed by atoms with E-state index in [1.165, 1.54) is 22.9 Å². The molecule has 2 aliphatic carbocycles. The van der Waals surface area contributed by atoms with Gasteiger partial charge in [0.25, 0.3) is 0 Å². The van der Waals surface area contributed by atoms with E-state index in [-0.39, 0.29) is 29.4 Å². The molecule has 0 spiro atoms. The first-order valence-corrected chi connectivity index (χ1v) is 16.6. The van der Waals surface area contributed by atoms with E-state index >= 15 is 0 Å². The molecule has 3 N–H and O–H groups in total. The Morgan fingerprint density at radius 2 is 1.98 bits per heavy atom. The molecule has 8 atom stereocenters. The molecule has 0 radical (unpaired) electrons. The summed E-state index contributed by atoms with van der Waals surface area (Å²) < 4.78 is 6.37. The highest BCUT2D eigenvalue weighted by Crippen LogP contribution is 2.53. The fraction of sp³-hybridized carbons (Fsp3) is 0.676. The van der Waals surface area contributed by atoms with Gasteiger partial charge in [-0.05, 0) is 69.2 Å². The van der Waals surface area contributed by atoms with Crippen LogP contribution in [0, 0.1) is 23.7 Å². The van der Waals surface area contributed by atoms with Gasteiger partial charge in [0.2, 0.25) is 17.5 Å². The fourth-order valence-electron chi connectivity index (χ4n) is 10.1. The quantitative estimate of drug-likeness (QED) is 0.504. The first-order chi connectivity index (χ1) is 20.7. The van der Waals surface area contributed by atoms with Crippen molar-refractivity contribution in [2.45, 2.75) is 101 Å². The Morgan fingerprint density at radius 1 is 1.16 bits per heavy atom. The van der Waals surface area contributed by atoms with Crippen molar-refractivity contribution in [3.8, 4) is 0 Å². The van der Waals surface area contributed by atoms with Gasteiger partial charge in [-0.1, -0.05) is 44.2 Å². The number of carbonyl (C=O) groups is 3. The number of nitrogens with zero attached hydrogens (tertiary/aromatic N) is 2. The normalized spacial score (nSPS) is 39.6. The number of nitrogens with one attached hydrogen (secondary N) is 2. The molecule has 9 heteroatoms. The van der Waals surface area contributed by atoms with Gasteiger partial charge in [-0.3, -0.25) is 14.4 Å². The number of ketones is 1. The van der Waals surface area contributed by atoms with Gasteiger partial charge in [0.1, 0.15) is 0 Å². The second-order valence-corrected chi connectivity index (χ2v) is 14.6. The van der Waals surface area contributed by atoms with Crippen molar-refractivity contribution in [2.24, 2.45) is 23.7 Å². The van der Waals surface area contributed by atoms with Crippen LogP contribution in [0.4, 0.5) is 0 Å². The molecule has 4 aliphatic heterocycles. The summed E-state index contributed by atoms with van der Waals surface area (Å²) in [5.74, 6) is -3.75. The van der Waals surface area contributed by atoms with E-state index in [9.17, 15) is 19.5 Å². The predicted molar refractivity (Wildman–Crippen MR) is 160 cm³/mol. The van der Waals surface area contributed by atoms with Crippen molar-refractivity contribution in [1.29, 1.82) is 0 Å². The van der Waals surface area contributed by atoms with E-state index in [0.29, 0.717) is 44.3 Å². The monoisotopic (exact) mass is 588 g/mol. The maximum atomic E-state index is 14.3. The Morgan fingerprint density at radius 3 is 2.79 bits per heavy atom. The lowest BCUT2D eigenvalue weighted by Gasteiger charge is -2.47. The second kappa shape index (κ2) is 9.88. The fourth-order valence-corrected chi connectivity index (χ4v) is 10.1. The Kier molecular flexibility index (Phi) is 6.38. The van der Waals surface area contributed by atoms with Crippen molar-refractivity contribution in [1.82, 2.24) is 20.1 Å². The summed E-state index contributed by atoms with van der Waals surface area (Å²) in [6.45, 7) is 2.75. The zero-order valence-corrected chi connectivity index (χ0v) is 25.3. The lowest BCUT2D eigenvalue weighted by Crippen LogP contribution is -2.64. The second-order valence-electron chi connectivity index (χ2n) is 14.6. The number of ether oxygens (including phenoxy) is 1. The molecule has 5 fully saturated rings. The average Bonchev–Trinajstić information content (AvgIpc) is 3.70. The highest BCUT2D eigenvalue weighted by atomic mass is 16.7. The third-order valence-corrected chi connectivity index (χ3v) is 12.1. The summed E-state index contributed by atoms with van der Waals surface area (Å²) in [4.78, 5) is 49.6. The van der Waals surface area contributed by atoms with Crippen LogP contribution in [0.25, 0.3) is 10.9 Å². The van der Waals surface area contributed by atoms with Gasteiger partial charge < -0.3 is 29.9 Å². The number of H-pyrrole nitrogens is 1. The number of piperidine rings is 2. The molecule has 1 aromatic carbocycles. The number of likely N-dealkylation sites (N-methyl/N-ethyl adjacent to an activating group) is 1. The number of Topliss-reactive ketones (excluding diaryl/α,β-unsaturated/α-hetero) is 1. The van der Waals surface area contributed by atoms with Crippen LogP contribution in [0.5, 0.6) is 0 Å². The number of rotatable bonds is 4. The molecular weight excluding hydrogens is 544 g/mol. The summed E-state index contributed by atoms with van der Waals surface area (Å²) in [7, 11) is 2.08. The van der Waals surface area contributed by atoms with Gasteiger partial charge in [-0.15, -0.1) is 0 Å². The topological polar surface area (TPSA) is 115 Å². The molecule has 6 aliphatic rings. The molecule has 43 heavy (non-hydrogen) atoms. The molecule has 1 aromatic heterocycles. The van der Waals surface area contributed by atoms with Gasteiger partial charge >= 0.3 is 0 Å². The van der Waals surface area contributed by atoms with Gasteiger partial charge in [0.15, 0.2) is 11.6 Å². The smallest absolute Gasteiger partial charge is 0.227 e. The van der Waals surface area contributed by atoms with Crippen molar-refractivity contribution in [3.63, 3.8) is 0 Å². The van der Waals surface area contributed by atoms with Crippen molar-refractivity contribution >= 4 is 28.5 Å². The summed E-state index contributed by atoms with van der Waals surface area (Å²) in [5.41, 5.74) is 2.05. The van der Waals surface area contributed by atoms with Crippen LogP contribution >= 0.6 is 0 Å². The number of carbonyl (C=O) groups excluding carboxylic acids is 3. The highest BCUT2D eigenvalue weighted by Gasteiger charge is 2.71. The largest absolute Gasteiger partial charge is 0.363 e. The zero-order valence-electron chi connectivity index (χ0n) is 25.3. The van der Waals surface area contributed by atoms with E-state index in [0.717, 1.165) is 44.0 Å². The van der Waals surface area contributed by atoms with Crippen LogP contribution in [0.1, 0.15) is 81.8 Å². The number of aromatic nitrogens is 1. The molecule has 0 bridgehead atoms. The number of amides is 2. The molecule has 5 heterocycles. The molecule has 230 valence electrons. The van der Waals surface area contributed by atoms with Crippen LogP contribution in [-0.4, -0.2) is 81.2 Å². The van der Waals surface area contributed by atoms with Gasteiger partial charge in [0, 0.05) is 42.1 Å². The minimum Gasteiger partial charge on any atom is -0.363 e. The number of hydrogen-bond acceptors (Lipinski definition) is 6. The van der Waals surface area contributed by atoms with Crippen molar-refractivity contribution in [2.75, 3.05) is 20.1 Å². The van der Waals surface area contributed by atoms with Crippen LogP contribution < -0.4 is 5.32 Å². The maximum absolute atomic E-state index is 14.3. The Bertz CT molecular complexity index is 1480. The number of hydrogen-bond donors (Lipinski definition) is 3. The van der Waals surface area contributed by atoms with E-state index < -0.39 is 29.4 Å². The third kappa shape index (κ3) is 4.10. The summed E-state index contributed by atoms with van der Waals surface area (Å²) in [5, 5.41) is 16.5. The Balaban J connectivity index is 1.06. The van der Waals surface area contributed by atoms with Crippen molar-refractivity contribution in [3.05, 3.63) is 35.5 Å². The van der Waals surface area contributed by atoms with Crippen LogP contribution in [-0.2, 0) is 25.5 Å². The molecular formula is C34H44N4O5. The minimum atomic E-state index is -1.79. The van der Waals surface area contributed by atoms with Gasteiger partial charge in [-0.25, -0.2) is 0 Å². The van der Waals surface area contributed by atoms with Crippen LogP contribution in [0.15, 0.2) is 24.4 Å². The molecule has 2 aromatic rings. The van der Waals surface area contributed by atoms with E-state index in [2.05, 4.69) is 46.6 Å². The van der Waals surface area contributed by atoms with Crippen LogP contribution in [0.3, 0.4) is 0 Å². The van der Waals surface area contributed by atoms with E-state index in [4.69, 9.17) is 4.74 Å². The van der Waals surface area contributed by atoms with Gasteiger partial charge in [-0.2, -0.15) is 0 Å². The molecule has 2 amide bonds. The van der Waals surface area contributed by atoms with E-state index in [1.807, 2.05) is 0 Å². The maximum Gasteiger partial charge on any atom is 0.227 e. The molecule has 8 rings (SSSR count). The molecule has 9 nitrogen and oxygen atoms in total. The number of fused-ring (bicyclic) bond motifs is 5. The number of benzene rings is 1. The lowest BCUT2D eigenvalue weighted by atomic mass is 9.69. The number of aromatic amines is 1. The standard InChI is InChI=1S/C34H44N4O5/c1-33(36-31(40)21-15-23-22-10-6-11-25-28(22)20(17-35-25)16-26(23)37(2)18-21)30(39)29-24(14-19-8-4-3-5-9-19)32(41)38-13-7-12-27(38)34(29,42)43-33/h6,10-11,17,19,21,23-24,26-27,29,35,42H,3-5,7-9,12-16,18H2,1-2H3,(H,36,40)/t21-,23?,24-,26-,27+,29?,33+,34+/m1/s1. The highest BCUT2D eigenvalue weighted by molar-refractivity contribution is 6.00. The summed E-state index contributed by atoms with van der Waals surface area (Å²) in [6, 6.07) is 6.12. The summed E-state index contributed by atoms with van der Waals surface area (Å²) in [6.07, 6.45) is 11.3.